The van der Waals surface area contributed by atoms with Gasteiger partial charge in [0.1, 0.15) is 18.0 Å². The number of methoxy groups -OCH3 is 2. The van der Waals surface area contributed by atoms with Crippen LogP contribution in [0.5, 0.6) is 11.5 Å². The Kier molecular flexibility index (Phi) is 10.7. The lowest BCUT2D eigenvalue weighted by Crippen LogP contribution is -2.35. The minimum atomic E-state index is -1.15. The number of carboxylic acids is 1. The molecule has 0 radical (unpaired) electrons. The monoisotopic (exact) mass is 696 g/mol. The van der Waals surface area contributed by atoms with Crippen molar-refractivity contribution >= 4 is 23.5 Å². The normalized spacial score (nSPS) is 10.8. The van der Waals surface area contributed by atoms with Crippen molar-refractivity contribution in [3.05, 3.63) is 138 Å². The zero-order chi connectivity index (χ0) is 36.6. The summed E-state index contributed by atoms with van der Waals surface area (Å²) >= 11 is 0. The molecular formula is C41H36N4O7. The van der Waals surface area contributed by atoms with Crippen molar-refractivity contribution in [1.82, 2.24) is 15.0 Å². The van der Waals surface area contributed by atoms with Crippen LogP contribution in [0.3, 0.4) is 0 Å². The number of aromatic nitrogens is 2. The summed E-state index contributed by atoms with van der Waals surface area (Å²) < 4.78 is 16.2. The number of anilines is 1. The van der Waals surface area contributed by atoms with Gasteiger partial charge < -0.3 is 29.3 Å². The Hall–Kier alpha value is -6.75. The summed E-state index contributed by atoms with van der Waals surface area (Å²) in [5.41, 5.74) is 7.02. The van der Waals surface area contributed by atoms with Crippen molar-refractivity contribution in [1.29, 1.82) is 0 Å². The van der Waals surface area contributed by atoms with Gasteiger partial charge in [-0.15, -0.1) is 0 Å². The number of nitrogens with zero attached hydrogens (tertiary/aromatic N) is 3. The van der Waals surface area contributed by atoms with Gasteiger partial charge >= 0.3 is 5.97 Å². The second-order valence-corrected chi connectivity index (χ2v) is 12.1. The number of hydrogen-bond acceptors (Lipinski definition) is 8. The number of hydrogen-bond donors (Lipinski definition) is 2. The Labute approximate surface area is 300 Å². The molecule has 6 aromatic rings. The quantitative estimate of drug-likeness (QED) is 0.127. The molecule has 0 fully saturated rings. The third-order valence-electron chi connectivity index (χ3n) is 8.40. The molecule has 0 spiro atoms. The summed E-state index contributed by atoms with van der Waals surface area (Å²) in [6.07, 6.45) is 0.0445. The average Bonchev–Trinajstić information content (AvgIpc) is 3.65. The molecule has 0 saturated carbocycles. The molecule has 0 aliphatic rings. The lowest BCUT2D eigenvalue weighted by Gasteiger charge is -2.21. The molecule has 11 nitrogen and oxygen atoms in total. The zero-order valence-corrected chi connectivity index (χ0v) is 28.8. The van der Waals surface area contributed by atoms with E-state index in [1.165, 1.54) is 17.6 Å². The van der Waals surface area contributed by atoms with E-state index in [1.54, 1.807) is 73.8 Å². The molecule has 0 bridgehead atoms. The van der Waals surface area contributed by atoms with Crippen LogP contribution in [0.4, 0.5) is 5.69 Å². The minimum absolute atomic E-state index is 0.0445. The highest BCUT2D eigenvalue weighted by atomic mass is 16.5. The molecule has 262 valence electrons. The van der Waals surface area contributed by atoms with Gasteiger partial charge in [-0.25, -0.2) is 0 Å². The van der Waals surface area contributed by atoms with E-state index in [9.17, 15) is 19.5 Å². The molecule has 0 aliphatic heterocycles. The molecule has 0 atom stereocenters. The number of carbonyl (C=O) groups excluding carboxylic acids is 2. The number of carbonyl (C=O) groups is 3. The van der Waals surface area contributed by atoms with Crippen molar-refractivity contribution in [3.8, 4) is 45.5 Å². The second-order valence-electron chi connectivity index (χ2n) is 12.1. The number of benzene rings is 5. The summed E-state index contributed by atoms with van der Waals surface area (Å²) in [6.45, 7) is 1.61. The van der Waals surface area contributed by atoms with Gasteiger partial charge in [0, 0.05) is 34.5 Å². The highest BCUT2D eigenvalue weighted by Gasteiger charge is 2.20. The van der Waals surface area contributed by atoms with Gasteiger partial charge in [0.25, 0.3) is 11.8 Å². The largest absolute Gasteiger partial charge is 0.497 e. The Bertz CT molecular complexity index is 2180. The topological polar surface area (TPSA) is 144 Å². The fourth-order valence-corrected chi connectivity index (χ4v) is 5.63. The van der Waals surface area contributed by atoms with Crippen LogP contribution in [0.15, 0.2) is 120 Å². The lowest BCUT2D eigenvalue weighted by atomic mass is 10.0. The number of carboxylic acid groups (broad SMARTS) is 1. The van der Waals surface area contributed by atoms with Gasteiger partial charge in [0.15, 0.2) is 0 Å². The van der Waals surface area contributed by atoms with Gasteiger partial charge in [-0.2, -0.15) is 4.98 Å². The van der Waals surface area contributed by atoms with Crippen molar-refractivity contribution in [2.45, 2.75) is 19.9 Å². The molecular weight excluding hydrogens is 660 g/mol. The first-order valence-corrected chi connectivity index (χ1v) is 16.4. The molecule has 5 aromatic carbocycles. The van der Waals surface area contributed by atoms with Gasteiger partial charge in [-0.1, -0.05) is 71.4 Å². The van der Waals surface area contributed by atoms with E-state index in [4.69, 9.17) is 14.0 Å². The van der Waals surface area contributed by atoms with Gasteiger partial charge in [-0.05, 0) is 78.2 Å². The highest BCUT2D eigenvalue weighted by molar-refractivity contribution is 5.97. The fraction of sp³-hybridized carbons (Fsp3) is 0.146. The standard InChI is InChI=1S/C41H36N4O7/c1-26-4-8-28(9-5-26)29-12-14-31(15-13-29)40-43-39(44-52-40)30-10-6-27(7-11-30)24-45(25-38(47)48)41(49)32-16-18-34(19-17-32)42-37(46)23-33-22-35(50-2)20-21-36(33)51-3/h4-22H,23-25H2,1-3H3,(H,42,46)(H,47,48). The van der Waals surface area contributed by atoms with Crippen molar-refractivity contribution in [2.75, 3.05) is 26.1 Å². The average molecular weight is 697 g/mol. The lowest BCUT2D eigenvalue weighted by molar-refractivity contribution is -0.137. The Balaban J connectivity index is 1.08. The molecule has 0 saturated heterocycles. The van der Waals surface area contributed by atoms with Gasteiger partial charge in [-0.3, -0.25) is 14.4 Å². The summed E-state index contributed by atoms with van der Waals surface area (Å²) in [5.74, 6) is 0.0460. The van der Waals surface area contributed by atoms with Crippen LogP contribution in [0.2, 0.25) is 0 Å². The third kappa shape index (κ3) is 8.51. The molecule has 1 heterocycles. The van der Waals surface area contributed by atoms with Crippen LogP contribution in [0, 0.1) is 6.92 Å². The van der Waals surface area contributed by atoms with Crippen molar-refractivity contribution in [3.63, 3.8) is 0 Å². The molecule has 2 N–H and O–H groups in total. The Morgan fingerprint density at radius 2 is 1.40 bits per heavy atom. The summed E-state index contributed by atoms with van der Waals surface area (Å²) in [5, 5.41) is 16.5. The van der Waals surface area contributed by atoms with E-state index in [0.717, 1.165) is 16.7 Å². The maximum absolute atomic E-state index is 13.4. The van der Waals surface area contributed by atoms with Crippen LogP contribution in [-0.4, -0.2) is 58.7 Å². The molecule has 0 aliphatic carbocycles. The number of amides is 2. The van der Waals surface area contributed by atoms with Crippen molar-refractivity contribution < 1.29 is 33.5 Å². The van der Waals surface area contributed by atoms with E-state index in [1.807, 2.05) is 24.3 Å². The minimum Gasteiger partial charge on any atom is -0.497 e. The zero-order valence-electron chi connectivity index (χ0n) is 28.8. The summed E-state index contributed by atoms with van der Waals surface area (Å²) in [6, 6.07) is 34.9. The molecule has 2 amide bonds. The van der Waals surface area contributed by atoms with Crippen LogP contribution >= 0.6 is 0 Å². The predicted molar refractivity (Wildman–Crippen MR) is 196 cm³/mol. The number of nitrogens with one attached hydrogen (secondary N) is 1. The maximum Gasteiger partial charge on any atom is 0.323 e. The van der Waals surface area contributed by atoms with E-state index in [0.29, 0.717) is 45.6 Å². The summed E-state index contributed by atoms with van der Waals surface area (Å²) in [7, 11) is 3.07. The van der Waals surface area contributed by atoms with Crippen LogP contribution in [0.1, 0.15) is 27.0 Å². The highest BCUT2D eigenvalue weighted by Crippen LogP contribution is 2.27. The van der Waals surface area contributed by atoms with Gasteiger partial charge in [0.05, 0.1) is 20.6 Å². The molecule has 0 unspecified atom stereocenters. The second kappa shape index (κ2) is 15.9. The SMILES string of the molecule is COc1ccc(OC)c(CC(=O)Nc2ccc(C(=O)N(CC(=O)O)Cc3ccc(-c4noc(-c5ccc(-c6ccc(C)cc6)cc5)n4)cc3)cc2)c1. The maximum atomic E-state index is 13.4. The first-order chi connectivity index (χ1) is 25.2. The third-order valence-corrected chi connectivity index (χ3v) is 8.40. The first-order valence-electron chi connectivity index (χ1n) is 16.4. The Morgan fingerprint density at radius 1 is 0.769 bits per heavy atom. The first kappa shape index (κ1) is 35.1. The van der Waals surface area contributed by atoms with E-state index >= 15 is 0 Å². The fourth-order valence-electron chi connectivity index (χ4n) is 5.63. The van der Waals surface area contributed by atoms with Gasteiger partial charge in [0.2, 0.25) is 11.7 Å². The predicted octanol–water partition coefficient (Wildman–Crippen LogP) is 7.30. The van der Waals surface area contributed by atoms with Crippen LogP contribution in [-0.2, 0) is 22.6 Å². The van der Waals surface area contributed by atoms with E-state index in [2.05, 4.69) is 46.6 Å². The molecule has 52 heavy (non-hydrogen) atoms. The smallest absolute Gasteiger partial charge is 0.323 e. The van der Waals surface area contributed by atoms with E-state index in [-0.39, 0.29) is 24.4 Å². The van der Waals surface area contributed by atoms with E-state index < -0.39 is 18.4 Å². The molecule has 1 aromatic heterocycles. The Morgan fingerprint density at radius 3 is 2.04 bits per heavy atom. The molecule has 6 rings (SSSR count). The summed E-state index contributed by atoms with van der Waals surface area (Å²) in [4.78, 5) is 43.8. The number of aryl methyl sites for hydroxylation is 1. The van der Waals surface area contributed by atoms with Crippen molar-refractivity contribution in [2.24, 2.45) is 0 Å². The number of rotatable bonds is 13. The number of ether oxygens (including phenoxy) is 2. The van der Waals surface area contributed by atoms with Crippen LogP contribution < -0.4 is 14.8 Å². The molecule has 11 heteroatoms. The number of aliphatic carboxylic acids is 1. The van der Waals surface area contributed by atoms with Crippen LogP contribution in [0.25, 0.3) is 34.0 Å².